The number of aliphatic hydroxyl groups excluding tert-OH is 1. The molecule has 4 fully saturated rings. The van der Waals surface area contributed by atoms with E-state index in [9.17, 15) is 9.90 Å². The smallest absolute Gasteiger partial charge is 0.305 e. The van der Waals surface area contributed by atoms with Crippen molar-refractivity contribution < 1.29 is 14.6 Å². The lowest BCUT2D eigenvalue weighted by Crippen LogP contribution is -2.58. The Morgan fingerprint density at radius 1 is 1.11 bits per heavy atom. The molecule has 4 saturated carbocycles. The molecule has 0 aromatic heterocycles. The number of ether oxygens (including phenoxy) is 1. The van der Waals surface area contributed by atoms with E-state index in [1.807, 2.05) is 0 Å². The van der Waals surface area contributed by atoms with Gasteiger partial charge in [-0.25, -0.2) is 0 Å². The van der Waals surface area contributed by atoms with Gasteiger partial charge in [0.25, 0.3) is 0 Å². The van der Waals surface area contributed by atoms with Gasteiger partial charge in [0.15, 0.2) is 0 Å². The number of carbonyl (C=O) groups excluding carboxylic acids is 1. The topological polar surface area (TPSA) is 46.5 Å². The largest absolute Gasteiger partial charge is 0.469 e. The van der Waals surface area contributed by atoms with Crippen molar-refractivity contribution in [2.75, 3.05) is 7.11 Å². The van der Waals surface area contributed by atoms with Gasteiger partial charge >= 0.3 is 5.97 Å². The lowest BCUT2D eigenvalue weighted by atomic mass is 9.44. The highest BCUT2D eigenvalue weighted by Gasteiger charge is 2.63. The van der Waals surface area contributed by atoms with Gasteiger partial charge in [0.05, 0.1) is 13.2 Å². The first-order valence-corrected chi connectivity index (χ1v) is 12.1. The standard InChI is InChI=1S/C25H42O3/c1-16(8-13-23(27)28-4)19-11-12-20-18-10-9-17-7-5-6-14-24(17,2)21(18)15-22(26)25(19,20)3/h16-22,26H,5-15H2,1-4H3/t16-,17-,18+,19-,20+,21+,22-,24+,25-/m1/s1. The molecule has 0 unspecified atom stereocenters. The summed E-state index contributed by atoms with van der Waals surface area (Å²) >= 11 is 0. The van der Waals surface area contributed by atoms with Crippen molar-refractivity contribution in [1.29, 1.82) is 0 Å². The molecule has 0 saturated heterocycles. The quantitative estimate of drug-likeness (QED) is 0.636. The van der Waals surface area contributed by atoms with E-state index in [4.69, 9.17) is 4.74 Å². The molecule has 4 aliphatic carbocycles. The second-order valence-electron chi connectivity index (χ2n) is 11.3. The highest BCUT2D eigenvalue weighted by Crippen LogP contribution is 2.68. The van der Waals surface area contributed by atoms with Gasteiger partial charge in [-0.3, -0.25) is 4.79 Å². The van der Waals surface area contributed by atoms with Gasteiger partial charge in [-0.05, 0) is 97.7 Å². The number of carbonyl (C=O) groups is 1. The molecule has 0 aromatic carbocycles. The molecule has 28 heavy (non-hydrogen) atoms. The zero-order valence-electron chi connectivity index (χ0n) is 18.6. The molecule has 0 radical (unpaired) electrons. The first-order chi connectivity index (χ1) is 13.3. The molecule has 4 aliphatic rings. The third kappa shape index (κ3) is 3.06. The van der Waals surface area contributed by atoms with Crippen molar-refractivity contribution in [3.8, 4) is 0 Å². The van der Waals surface area contributed by atoms with Crippen molar-refractivity contribution in [2.45, 2.75) is 97.5 Å². The van der Waals surface area contributed by atoms with Crippen LogP contribution in [0, 0.1) is 46.3 Å². The number of hydrogen-bond donors (Lipinski definition) is 1. The Hall–Kier alpha value is -0.570. The summed E-state index contributed by atoms with van der Waals surface area (Å²) in [5.74, 6) is 4.02. The normalized spacial score (nSPS) is 48.9. The van der Waals surface area contributed by atoms with Crippen molar-refractivity contribution in [1.82, 2.24) is 0 Å². The third-order valence-electron chi connectivity index (χ3n) is 10.5. The monoisotopic (exact) mass is 390 g/mol. The van der Waals surface area contributed by atoms with Crippen LogP contribution in [0.4, 0.5) is 0 Å². The van der Waals surface area contributed by atoms with Crippen molar-refractivity contribution in [3.63, 3.8) is 0 Å². The van der Waals surface area contributed by atoms with Gasteiger partial charge in [-0.15, -0.1) is 0 Å². The number of fused-ring (bicyclic) bond motifs is 5. The molecule has 1 N–H and O–H groups in total. The molecule has 0 aliphatic heterocycles. The second kappa shape index (κ2) is 7.60. The minimum Gasteiger partial charge on any atom is -0.469 e. The van der Waals surface area contributed by atoms with Crippen LogP contribution in [0.15, 0.2) is 0 Å². The zero-order chi connectivity index (χ0) is 20.1. The molecule has 0 heterocycles. The van der Waals surface area contributed by atoms with Crippen LogP contribution in [0.3, 0.4) is 0 Å². The highest BCUT2D eigenvalue weighted by molar-refractivity contribution is 5.69. The Morgan fingerprint density at radius 3 is 2.64 bits per heavy atom. The summed E-state index contributed by atoms with van der Waals surface area (Å²) in [6, 6.07) is 0. The van der Waals surface area contributed by atoms with E-state index < -0.39 is 0 Å². The maximum absolute atomic E-state index is 11.6. The van der Waals surface area contributed by atoms with Crippen LogP contribution in [0.2, 0.25) is 0 Å². The molecule has 0 aromatic rings. The average molecular weight is 391 g/mol. The summed E-state index contributed by atoms with van der Waals surface area (Å²) in [6.45, 7) is 7.29. The van der Waals surface area contributed by atoms with Crippen molar-refractivity contribution >= 4 is 5.97 Å². The molecule has 0 amide bonds. The second-order valence-corrected chi connectivity index (χ2v) is 11.3. The Kier molecular flexibility index (Phi) is 5.61. The molecule has 0 spiro atoms. The maximum atomic E-state index is 11.6. The number of aliphatic hydroxyl groups is 1. The number of rotatable bonds is 4. The molecule has 0 bridgehead atoms. The Morgan fingerprint density at radius 2 is 1.89 bits per heavy atom. The van der Waals surface area contributed by atoms with E-state index in [2.05, 4.69) is 20.8 Å². The molecule has 9 atom stereocenters. The number of hydrogen-bond acceptors (Lipinski definition) is 3. The van der Waals surface area contributed by atoms with Crippen LogP contribution >= 0.6 is 0 Å². The van der Waals surface area contributed by atoms with Crippen LogP contribution in [0.25, 0.3) is 0 Å². The summed E-state index contributed by atoms with van der Waals surface area (Å²) in [5.41, 5.74) is 0.507. The fourth-order valence-corrected chi connectivity index (χ4v) is 8.87. The Balaban J connectivity index is 1.54. The van der Waals surface area contributed by atoms with E-state index in [-0.39, 0.29) is 17.5 Å². The minimum atomic E-state index is -0.177. The van der Waals surface area contributed by atoms with Crippen LogP contribution in [0.1, 0.15) is 91.4 Å². The van der Waals surface area contributed by atoms with Crippen LogP contribution in [0.5, 0.6) is 0 Å². The molecule has 3 nitrogen and oxygen atoms in total. The molecule has 160 valence electrons. The van der Waals surface area contributed by atoms with E-state index in [0.717, 1.165) is 30.6 Å². The van der Waals surface area contributed by atoms with Gasteiger partial charge in [-0.1, -0.05) is 33.6 Å². The molecule has 3 heteroatoms. The predicted molar refractivity (Wildman–Crippen MR) is 112 cm³/mol. The summed E-state index contributed by atoms with van der Waals surface area (Å²) < 4.78 is 4.86. The molecule has 4 rings (SSSR count). The van der Waals surface area contributed by atoms with Gasteiger partial charge in [0.1, 0.15) is 0 Å². The lowest BCUT2D eigenvalue weighted by molar-refractivity contribution is -0.168. The number of methoxy groups -OCH3 is 1. The Bertz CT molecular complexity index is 588. The van der Waals surface area contributed by atoms with Crippen LogP contribution < -0.4 is 0 Å². The van der Waals surface area contributed by atoms with Crippen molar-refractivity contribution in [2.24, 2.45) is 46.3 Å². The first-order valence-electron chi connectivity index (χ1n) is 12.1. The highest BCUT2D eigenvalue weighted by atomic mass is 16.5. The molecular formula is C25H42O3. The Labute approximate surface area is 172 Å². The van der Waals surface area contributed by atoms with Gasteiger partial charge in [-0.2, -0.15) is 0 Å². The van der Waals surface area contributed by atoms with E-state index in [1.165, 1.54) is 58.5 Å². The van der Waals surface area contributed by atoms with E-state index >= 15 is 0 Å². The fraction of sp³-hybridized carbons (Fsp3) is 0.960. The minimum absolute atomic E-state index is 0.0363. The molecular weight excluding hydrogens is 348 g/mol. The summed E-state index contributed by atoms with van der Waals surface area (Å²) in [7, 11) is 1.48. The lowest BCUT2D eigenvalue weighted by Gasteiger charge is -2.62. The number of esters is 1. The predicted octanol–water partition coefficient (Wildman–Crippen LogP) is 5.60. The fourth-order valence-electron chi connectivity index (χ4n) is 8.87. The van der Waals surface area contributed by atoms with Gasteiger partial charge < -0.3 is 9.84 Å². The van der Waals surface area contributed by atoms with Crippen molar-refractivity contribution in [3.05, 3.63) is 0 Å². The maximum Gasteiger partial charge on any atom is 0.305 e. The zero-order valence-corrected chi connectivity index (χ0v) is 18.6. The SMILES string of the molecule is COC(=O)CC[C@@H](C)[C@H]1CC[C@H]2[C@@H]3CC[C@H]4CCCC[C@]4(C)[C@H]3C[C@@H](O)[C@]12C. The van der Waals surface area contributed by atoms with Crippen LogP contribution in [-0.2, 0) is 9.53 Å². The summed E-state index contributed by atoms with van der Waals surface area (Å²) in [6.07, 6.45) is 13.2. The van der Waals surface area contributed by atoms with Gasteiger partial charge in [0.2, 0.25) is 0 Å². The first kappa shape index (κ1) is 20.7. The van der Waals surface area contributed by atoms with E-state index in [1.54, 1.807) is 0 Å². The van der Waals surface area contributed by atoms with E-state index in [0.29, 0.717) is 29.6 Å². The van der Waals surface area contributed by atoms with Crippen LogP contribution in [-0.4, -0.2) is 24.3 Å². The summed E-state index contributed by atoms with van der Waals surface area (Å²) in [5, 5.41) is 11.5. The average Bonchev–Trinajstić information content (AvgIpc) is 3.05. The van der Waals surface area contributed by atoms with Gasteiger partial charge in [0, 0.05) is 6.42 Å². The summed E-state index contributed by atoms with van der Waals surface area (Å²) in [4.78, 5) is 11.6. The third-order valence-corrected chi connectivity index (χ3v) is 10.5.